The number of ether oxygens (including phenoxy) is 1. The van der Waals surface area contributed by atoms with Gasteiger partial charge in [0.1, 0.15) is 18.3 Å². The first kappa shape index (κ1) is 10.4. The summed E-state index contributed by atoms with van der Waals surface area (Å²) in [5.41, 5.74) is 0.448. The van der Waals surface area contributed by atoms with Crippen LogP contribution in [-0.2, 0) is 0 Å². The van der Waals surface area contributed by atoms with Gasteiger partial charge in [0.2, 0.25) is 5.76 Å². The molecule has 2 aromatic rings. The molecule has 0 atom stereocenters. The van der Waals surface area contributed by atoms with E-state index in [0.29, 0.717) is 11.0 Å². The molecular weight excluding hydrogens is 216 g/mol. The van der Waals surface area contributed by atoms with Crippen molar-refractivity contribution < 1.29 is 17.9 Å². The van der Waals surface area contributed by atoms with Crippen LogP contribution in [-0.4, -0.2) is 13.0 Å². The SMILES string of the molecule is N#Cc1oc2ccccc2c1OCC(F)F. The predicted octanol–water partition coefficient (Wildman–Crippen LogP) is 2.95. The second kappa shape index (κ2) is 4.19. The Kier molecular flexibility index (Phi) is 2.73. The monoisotopic (exact) mass is 223 g/mol. The van der Waals surface area contributed by atoms with Gasteiger partial charge in [-0.25, -0.2) is 8.78 Å². The lowest BCUT2D eigenvalue weighted by Crippen LogP contribution is -2.07. The van der Waals surface area contributed by atoms with E-state index in [1.54, 1.807) is 30.3 Å². The van der Waals surface area contributed by atoms with E-state index in [1.165, 1.54) is 0 Å². The number of alkyl halides is 2. The van der Waals surface area contributed by atoms with Crippen molar-refractivity contribution in [3.8, 4) is 11.8 Å². The van der Waals surface area contributed by atoms with Gasteiger partial charge in [-0.1, -0.05) is 12.1 Å². The Morgan fingerprint density at radius 3 is 2.81 bits per heavy atom. The minimum absolute atomic E-state index is 0.0816. The number of fused-ring (bicyclic) bond motifs is 1. The number of benzene rings is 1. The van der Waals surface area contributed by atoms with Crippen molar-refractivity contribution in [2.24, 2.45) is 0 Å². The first-order chi connectivity index (χ1) is 7.72. The van der Waals surface area contributed by atoms with E-state index < -0.39 is 13.0 Å². The van der Waals surface area contributed by atoms with Crippen LogP contribution in [0.15, 0.2) is 28.7 Å². The minimum atomic E-state index is -2.58. The molecule has 5 heteroatoms. The summed E-state index contributed by atoms with van der Waals surface area (Å²) < 4.78 is 34.1. The zero-order chi connectivity index (χ0) is 11.5. The number of rotatable bonds is 3. The molecule has 0 aliphatic carbocycles. The largest absolute Gasteiger partial charge is 0.482 e. The molecule has 0 aliphatic heterocycles. The molecule has 0 amide bonds. The number of hydrogen-bond donors (Lipinski definition) is 0. The van der Waals surface area contributed by atoms with Crippen molar-refractivity contribution in [3.05, 3.63) is 30.0 Å². The maximum absolute atomic E-state index is 12.0. The van der Waals surface area contributed by atoms with Crippen molar-refractivity contribution in [2.75, 3.05) is 6.61 Å². The Bertz CT molecular complexity index is 542. The molecule has 0 bridgehead atoms. The standard InChI is InChI=1S/C11H7F2NO2/c12-10(13)6-15-11-7-3-1-2-4-8(7)16-9(11)5-14/h1-4,10H,6H2. The Hall–Kier alpha value is -2.09. The molecular formula is C11H7F2NO2. The summed E-state index contributed by atoms with van der Waals surface area (Å²) in [6, 6.07) is 8.51. The summed E-state index contributed by atoms with van der Waals surface area (Å²) in [5, 5.41) is 9.30. The second-order valence-corrected chi connectivity index (χ2v) is 3.07. The third-order valence-corrected chi connectivity index (χ3v) is 2.01. The molecule has 0 saturated heterocycles. The number of hydrogen-bond acceptors (Lipinski definition) is 3. The van der Waals surface area contributed by atoms with E-state index in [0.717, 1.165) is 0 Å². The molecule has 0 spiro atoms. The highest BCUT2D eigenvalue weighted by Crippen LogP contribution is 2.32. The molecule has 16 heavy (non-hydrogen) atoms. The van der Waals surface area contributed by atoms with Gasteiger partial charge in [0.05, 0.1) is 5.39 Å². The average molecular weight is 223 g/mol. The van der Waals surface area contributed by atoms with Crippen molar-refractivity contribution in [3.63, 3.8) is 0 Å². The normalized spacial score (nSPS) is 10.6. The van der Waals surface area contributed by atoms with Crippen LogP contribution in [0.4, 0.5) is 8.78 Å². The van der Waals surface area contributed by atoms with Crippen molar-refractivity contribution in [2.45, 2.75) is 6.43 Å². The Labute approximate surface area is 89.8 Å². The van der Waals surface area contributed by atoms with E-state index in [-0.39, 0.29) is 11.5 Å². The predicted molar refractivity (Wildman–Crippen MR) is 52.4 cm³/mol. The van der Waals surface area contributed by atoms with Crippen LogP contribution in [0, 0.1) is 11.3 Å². The van der Waals surface area contributed by atoms with Gasteiger partial charge in [0.25, 0.3) is 6.43 Å². The van der Waals surface area contributed by atoms with E-state index in [2.05, 4.69) is 0 Å². The summed E-state index contributed by atoms with van der Waals surface area (Å²) in [5.74, 6) is 0.000231. The third-order valence-electron chi connectivity index (χ3n) is 2.01. The van der Waals surface area contributed by atoms with Gasteiger partial charge < -0.3 is 9.15 Å². The van der Waals surface area contributed by atoms with Crippen molar-refractivity contribution >= 4 is 11.0 Å². The van der Waals surface area contributed by atoms with Gasteiger partial charge in [-0.3, -0.25) is 0 Å². The molecule has 1 heterocycles. The van der Waals surface area contributed by atoms with E-state index >= 15 is 0 Å². The van der Waals surface area contributed by atoms with Gasteiger partial charge in [-0.15, -0.1) is 0 Å². The van der Waals surface area contributed by atoms with Crippen LogP contribution in [0.25, 0.3) is 11.0 Å². The van der Waals surface area contributed by atoms with Crippen LogP contribution in [0.1, 0.15) is 5.76 Å². The zero-order valence-electron chi connectivity index (χ0n) is 8.11. The van der Waals surface area contributed by atoms with Crippen molar-refractivity contribution in [1.82, 2.24) is 0 Å². The zero-order valence-corrected chi connectivity index (χ0v) is 8.11. The Balaban J connectivity index is 2.44. The first-order valence-electron chi connectivity index (χ1n) is 4.55. The summed E-state index contributed by atoms with van der Waals surface area (Å²) in [7, 11) is 0. The molecule has 0 radical (unpaired) electrons. The molecule has 0 aliphatic rings. The molecule has 0 N–H and O–H groups in total. The number of nitriles is 1. The lowest BCUT2D eigenvalue weighted by atomic mass is 10.2. The van der Waals surface area contributed by atoms with Gasteiger partial charge >= 0.3 is 0 Å². The quantitative estimate of drug-likeness (QED) is 0.803. The van der Waals surface area contributed by atoms with E-state index in [1.807, 2.05) is 0 Å². The summed E-state index contributed by atoms with van der Waals surface area (Å²) in [4.78, 5) is 0. The maximum Gasteiger partial charge on any atom is 0.272 e. The van der Waals surface area contributed by atoms with Crippen LogP contribution >= 0.6 is 0 Å². The van der Waals surface area contributed by atoms with Crippen LogP contribution in [0.2, 0.25) is 0 Å². The number of halogens is 2. The Morgan fingerprint density at radius 1 is 1.38 bits per heavy atom. The summed E-state index contributed by atoms with van der Waals surface area (Å²) in [6.07, 6.45) is -2.58. The fourth-order valence-corrected chi connectivity index (χ4v) is 1.39. The molecule has 3 nitrogen and oxygen atoms in total. The molecule has 1 aromatic heterocycles. The van der Waals surface area contributed by atoms with Crippen LogP contribution < -0.4 is 4.74 Å². The molecule has 0 fully saturated rings. The molecule has 1 aromatic carbocycles. The minimum Gasteiger partial charge on any atom is -0.482 e. The molecule has 82 valence electrons. The fourth-order valence-electron chi connectivity index (χ4n) is 1.39. The molecule has 0 unspecified atom stereocenters. The maximum atomic E-state index is 12.0. The first-order valence-corrected chi connectivity index (χ1v) is 4.55. The number of para-hydroxylation sites is 1. The van der Waals surface area contributed by atoms with Crippen LogP contribution in [0.3, 0.4) is 0 Å². The highest BCUT2D eigenvalue weighted by molar-refractivity contribution is 5.86. The van der Waals surface area contributed by atoms with Gasteiger partial charge in [-0.2, -0.15) is 5.26 Å². The van der Waals surface area contributed by atoms with Gasteiger partial charge in [-0.05, 0) is 12.1 Å². The summed E-state index contributed by atoms with van der Waals surface area (Å²) in [6.45, 7) is -0.752. The Morgan fingerprint density at radius 2 is 2.12 bits per heavy atom. The fraction of sp³-hybridized carbons (Fsp3) is 0.182. The second-order valence-electron chi connectivity index (χ2n) is 3.07. The third kappa shape index (κ3) is 1.82. The lowest BCUT2D eigenvalue weighted by Gasteiger charge is -2.02. The van der Waals surface area contributed by atoms with Crippen LogP contribution in [0.5, 0.6) is 5.75 Å². The topological polar surface area (TPSA) is 46.2 Å². The lowest BCUT2D eigenvalue weighted by molar-refractivity contribution is 0.0820. The number of furan rings is 1. The molecule has 0 saturated carbocycles. The number of nitrogens with zero attached hydrogens (tertiary/aromatic N) is 1. The summed E-state index contributed by atoms with van der Waals surface area (Å²) >= 11 is 0. The molecule has 2 rings (SSSR count). The van der Waals surface area contributed by atoms with Gasteiger partial charge in [0.15, 0.2) is 5.75 Å². The van der Waals surface area contributed by atoms with E-state index in [4.69, 9.17) is 14.4 Å². The average Bonchev–Trinajstić information content (AvgIpc) is 2.64. The smallest absolute Gasteiger partial charge is 0.272 e. The highest BCUT2D eigenvalue weighted by Gasteiger charge is 2.16. The van der Waals surface area contributed by atoms with Crippen molar-refractivity contribution in [1.29, 1.82) is 5.26 Å². The van der Waals surface area contributed by atoms with E-state index in [9.17, 15) is 8.78 Å². The highest BCUT2D eigenvalue weighted by atomic mass is 19.3. The van der Waals surface area contributed by atoms with Gasteiger partial charge in [0, 0.05) is 0 Å².